The number of hydrogen-bond acceptors (Lipinski definition) is 3. The second kappa shape index (κ2) is 5.62. The lowest BCUT2D eigenvalue weighted by molar-refractivity contribution is 0.102. The number of carbonyl (C=O) groups excluding carboxylic acids is 1. The van der Waals surface area contributed by atoms with E-state index in [0.29, 0.717) is 0 Å². The van der Waals surface area contributed by atoms with Crippen LogP contribution in [0.2, 0.25) is 5.15 Å². The molecular weight excluding hydrogens is 365 g/mol. The number of anilines is 1. The summed E-state index contributed by atoms with van der Waals surface area (Å²) >= 11 is 7.88. The molecule has 0 fully saturated rings. The van der Waals surface area contributed by atoms with E-state index in [1.165, 1.54) is 12.4 Å². The van der Waals surface area contributed by atoms with E-state index in [1.807, 2.05) is 25.1 Å². The van der Waals surface area contributed by atoms with Crippen molar-refractivity contribution in [3.63, 3.8) is 0 Å². The summed E-state index contributed by atoms with van der Waals surface area (Å²) in [5, 5.41) is 2.99. The molecule has 1 N–H and O–H groups in total. The van der Waals surface area contributed by atoms with Crippen molar-refractivity contribution in [3.8, 4) is 0 Å². The molecule has 1 heterocycles. The summed E-state index contributed by atoms with van der Waals surface area (Å²) in [5.41, 5.74) is 1.94. The molecule has 0 radical (unpaired) electrons. The molecule has 0 aliphatic rings. The van der Waals surface area contributed by atoms with Crippen molar-refractivity contribution in [2.45, 2.75) is 6.92 Å². The van der Waals surface area contributed by atoms with Gasteiger partial charge in [0, 0.05) is 9.26 Å². The molecule has 0 spiro atoms. The van der Waals surface area contributed by atoms with Crippen molar-refractivity contribution in [1.82, 2.24) is 9.97 Å². The molecule has 1 amide bonds. The first kappa shape index (κ1) is 13.2. The Morgan fingerprint density at radius 2 is 2.17 bits per heavy atom. The Labute approximate surface area is 123 Å². The minimum Gasteiger partial charge on any atom is -0.320 e. The van der Waals surface area contributed by atoms with E-state index >= 15 is 0 Å². The maximum Gasteiger partial charge on any atom is 0.275 e. The van der Waals surface area contributed by atoms with E-state index < -0.39 is 0 Å². The Morgan fingerprint density at radius 3 is 2.89 bits per heavy atom. The molecule has 4 nitrogen and oxygen atoms in total. The molecule has 0 saturated carbocycles. The van der Waals surface area contributed by atoms with Crippen LogP contribution < -0.4 is 5.32 Å². The number of rotatable bonds is 2. The minimum absolute atomic E-state index is 0.195. The van der Waals surface area contributed by atoms with Gasteiger partial charge in [-0.3, -0.25) is 9.78 Å². The van der Waals surface area contributed by atoms with Crippen LogP contribution in [0.15, 0.2) is 30.6 Å². The summed E-state index contributed by atoms with van der Waals surface area (Å²) in [5.74, 6) is -0.324. The van der Waals surface area contributed by atoms with Crippen LogP contribution in [0.1, 0.15) is 16.1 Å². The fourth-order valence-corrected chi connectivity index (χ4v) is 2.01. The van der Waals surface area contributed by atoms with Gasteiger partial charge in [0.15, 0.2) is 0 Å². The molecule has 1 aromatic heterocycles. The second-order valence-corrected chi connectivity index (χ2v) is 5.27. The van der Waals surface area contributed by atoms with Crippen LogP contribution >= 0.6 is 34.2 Å². The Hall–Kier alpha value is -1.21. The highest BCUT2D eigenvalue weighted by Crippen LogP contribution is 2.18. The van der Waals surface area contributed by atoms with Crippen molar-refractivity contribution < 1.29 is 4.79 Å². The normalized spacial score (nSPS) is 10.2. The number of nitrogens with zero attached hydrogens (tertiary/aromatic N) is 2. The number of amides is 1. The van der Waals surface area contributed by atoms with Crippen molar-refractivity contribution in [1.29, 1.82) is 0 Å². The molecule has 0 atom stereocenters. The lowest BCUT2D eigenvalue weighted by atomic mass is 10.2. The van der Waals surface area contributed by atoms with E-state index in [1.54, 1.807) is 0 Å². The molecule has 18 heavy (non-hydrogen) atoms. The maximum atomic E-state index is 12.0. The summed E-state index contributed by atoms with van der Waals surface area (Å²) in [4.78, 5) is 19.7. The summed E-state index contributed by atoms with van der Waals surface area (Å²) in [6, 6.07) is 5.82. The van der Waals surface area contributed by atoms with Crippen molar-refractivity contribution in [2.75, 3.05) is 5.32 Å². The van der Waals surface area contributed by atoms with Gasteiger partial charge in [-0.05, 0) is 47.2 Å². The zero-order valence-corrected chi connectivity index (χ0v) is 12.4. The van der Waals surface area contributed by atoms with Crippen LogP contribution in [0.4, 0.5) is 5.69 Å². The van der Waals surface area contributed by atoms with E-state index in [0.717, 1.165) is 14.8 Å². The fourth-order valence-electron chi connectivity index (χ4n) is 1.37. The van der Waals surface area contributed by atoms with E-state index in [-0.39, 0.29) is 16.8 Å². The van der Waals surface area contributed by atoms with Gasteiger partial charge in [0.1, 0.15) is 10.8 Å². The van der Waals surface area contributed by atoms with E-state index in [2.05, 4.69) is 37.9 Å². The first-order valence-corrected chi connectivity index (χ1v) is 6.57. The molecule has 0 saturated heterocycles. The Balaban J connectivity index is 2.24. The predicted octanol–water partition coefficient (Wildman–Crippen LogP) is 3.30. The molecule has 0 aliphatic heterocycles. The van der Waals surface area contributed by atoms with Crippen molar-refractivity contribution in [3.05, 3.63) is 50.6 Å². The largest absolute Gasteiger partial charge is 0.320 e. The molecule has 0 unspecified atom stereocenters. The van der Waals surface area contributed by atoms with Gasteiger partial charge < -0.3 is 5.32 Å². The molecule has 0 aliphatic carbocycles. The smallest absolute Gasteiger partial charge is 0.275 e. The van der Waals surface area contributed by atoms with Gasteiger partial charge in [-0.15, -0.1) is 0 Å². The third-order valence-electron chi connectivity index (χ3n) is 2.29. The molecule has 6 heteroatoms. The Bertz CT molecular complexity index is 604. The van der Waals surface area contributed by atoms with Gasteiger partial charge in [-0.25, -0.2) is 4.98 Å². The molecule has 2 aromatic rings. The van der Waals surface area contributed by atoms with Gasteiger partial charge in [0.25, 0.3) is 5.91 Å². The minimum atomic E-state index is -0.324. The summed E-state index contributed by atoms with van der Waals surface area (Å²) in [6.07, 6.45) is 2.76. The number of hydrogen-bond donors (Lipinski definition) is 1. The van der Waals surface area contributed by atoms with Crippen molar-refractivity contribution in [2.24, 2.45) is 0 Å². The molecule has 92 valence electrons. The standard InChI is InChI=1S/C12H9ClIN3O/c1-7-2-3-8(14)4-9(7)17-12(18)10-5-15-6-11(13)16-10/h2-6H,1H3,(H,17,18). The highest BCUT2D eigenvalue weighted by Gasteiger charge is 2.10. The van der Waals surface area contributed by atoms with Crippen LogP contribution in [-0.2, 0) is 0 Å². The van der Waals surface area contributed by atoms with Gasteiger partial charge >= 0.3 is 0 Å². The molecule has 2 rings (SSSR count). The Kier molecular flexibility index (Phi) is 4.13. The quantitative estimate of drug-likeness (QED) is 0.822. The highest BCUT2D eigenvalue weighted by atomic mass is 127. The number of aromatic nitrogens is 2. The topological polar surface area (TPSA) is 54.9 Å². The zero-order chi connectivity index (χ0) is 13.1. The van der Waals surface area contributed by atoms with Gasteiger partial charge in [0.05, 0.1) is 12.4 Å². The third-order valence-corrected chi connectivity index (χ3v) is 3.14. The van der Waals surface area contributed by atoms with Crippen molar-refractivity contribution >= 4 is 45.8 Å². The summed E-state index contributed by atoms with van der Waals surface area (Å²) in [6.45, 7) is 1.93. The average molecular weight is 374 g/mol. The van der Waals surface area contributed by atoms with Gasteiger partial charge in [0.2, 0.25) is 0 Å². The average Bonchev–Trinajstić information content (AvgIpc) is 2.34. The number of nitrogens with one attached hydrogen (secondary N) is 1. The van der Waals surface area contributed by atoms with Gasteiger partial charge in [-0.1, -0.05) is 17.7 Å². The lowest BCUT2D eigenvalue weighted by Gasteiger charge is -2.08. The second-order valence-electron chi connectivity index (χ2n) is 3.64. The summed E-state index contributed by atoms with van der Waals surface area (Å²) in [7, 11) is 0. The van der Waals surface area contributed by atoms with Crippen LogP contribution in [-0.4, -0.2) is 15.9 Å². The van der Waals surface area contributed by atoms with E-state index in [9.17, 15) is 4.79 Å². The monoisotopic (exact) mass is 373 g/mol. The number of aryl methyl sites for hydroxylation is 1. The Morgan fingerprint density at radius 1 is 1.39 bits per heavy atom. The van der Waals surface area contributed by atoms with Crippen LogP contribution in [0, 0.1) is 10.5 Å². The summed E-state index contributed by atoms with van der Waals surface area (Å²) < 4.78 is 1.05. The number of benzene rings is 1. The highest BCUT2D eigenvalue weighted by molar-refractivity contribution is 14.1. The first-order valence-electron chi connectivity index (χ1n) is 5.11. The molecular formula is C12H9ClIN3O. The number of halogens is 2. The predicted molar refractivity (Wildman–Crippen MR) is 78.9 cm³/mol. The first-order chi connectivity index (χ1) is 8.56. The maximum absolute atomic E-state index is 12.0. The zero-order valence-electron chi connectivity index (χ0n) is 9.45. The molecule has 0 bridgehead atoms. The lowest BCUT2D eigenvalue weighted by Crippen LogP contribution is -2.15. The molecule has 1 aromatic carbocycles. The number of carbonyl (C=O) groups is 1. The fraction of sp³-hybridized carbons (Fsp3) is 0.0833. The van der Waals surface area contributed by atoms with Crippen LogP contribution in [0.25, 0.3) is 0 Å². The van der Waals surface area contributed by atoms with E-state index in [4.69, 9.17) is 11.6 Å². The van der Waals surface area contributed by atoms with Crippen LogP contribution in [0.5, 0.6) is 0 Å². The van der Waals surface area contributed by atoms with Crippen LogP contribution in [0.3, 0.4) is 0 Å². The third kappa shape index (κ3) is 3.17. The van der Waals surface area contributed by atoms with Gasteiger partial charge in [-0.2, -0.15) is 0 Å². The SMILES string of the molecule is Cc1ccc(I)cc1NC(=O)c1cncc(Cl)n1.